The van der Waals surface area contributed by atoms with Crippen molar-refractivity contribution in [3.8, 4) is 11.5 Å². The lowest BCUT2D eigenvalue weighted by molar-refractivity contribution is 0.230. The second-order valence-electron chi connectivity index (χ2n) is 4.29. The van der Waals surface area contributed by atoms with Gasteiger partial charge in [0.15, 0.2) is 0 Å². The number of hydrogen-bond acceptors (Lipinski definition) is 5. The molecule has 1 rings (SSSR count). The van der Waals surface area contributed by atoms with Gasteiger partial charge < -0.3 is 20.6 Å². The largest absolute Gasteiger partial charge is 0.508 e. The first-order valence-electron chi connectivity index (χ1n) is 5.96. The van der Waals surface area contributed by atoms with Crippen LogP contribution in [0.5, 0.6) is 11.5 Å². The monoisotopic (exact) mass is 271 g/mol. The Hall–Kier alpha value is -0.910. The van der Waals surface area contributed by atoms with Crippen molar-refractivity contribution >= 4 is 11.8 Å². The predicted octanol–water partition coefficient (Wildman–Crippen LogP) is 1.86. The average molecular weight is 271 g/mol. The summed E-state index contributed by atoms with van der Waals surface area (Å²) in [6.07, 6.45) is 2.91. The van der Waals surface area contributed by atoms with Crippen LogP contribution in [0, 0.1) is 0 Å². The molecule has 0 aliphatic carbocycles. The van der Waals surface area contributed by atoms with E-state index in [2.05, 4.69) is 5.32 Å². The van der Waals surface area contributed by atoms with Crippen molar-refractivity contribution in [2.24, 2.45) is 0 Å². The molecule has 1 aromatic rings. The average Bonchev–Trinajstić information content (AvgIpc) is 2.34. The molecule has 102 valence electrons. The zero-order valence-corrected chi connectivity index (χ0v) is 11.6. The summed E-state index contributed by atoms with van der Waals surface area (Å²) in [6, 6.07) is 4.49. The van der Waals surface area contributed by atoms with Crippen LogP contribution in [-0.4, -0.2) is 40.0 Å². The highest BCUT2D eigenvalue weighted by Crippen LogP contribution is 2.28. The second-order valence-corrected chi connectivity index (χ2v) is 5.28. The normalized spacial score (nSPS) is 14.4. The Labute approximate surface area is 112 Å². The molecule has 0 fully saturated rings. The first kappa shape index (κ1) is 15.1. The van der Waals surface area contributed by atoms with Gasteiger partial charge in [-0.2, -0.15) is 11.8 Å². The van der Waals surface area contributed by atoms with Gasteiger partial charge in [0, 0.05) is 23.7 Å². The number of aliphatic hydroxyl groups is 1. The first-order valence-corrected chi connectivity index (χ1v) is 7.35. The molecular formula is C13H21NO3S. The van der Waals surface area contributed by atoms with Crippen molar-refractivity contribution in [3.05, 3.63) is 23.8 Å². The molecule has 4 nitrogen and oxygen atoms in total. The number of thioether (sulfide) groups is 1. The molecule has 0 bridgehead atoms. The van der Waals surface area contributed by atoms with Crippen LogP contribution in [0.15, 0.2) is 18.2 Å². The van der Waals surface area contributed by atoms with Gasteiger partial charge in [-0.15, -0.1) is 0 Å². The van der Waals surface area contributed by atoms with Crippen LogP contribution in [0.3, 0.4) is 0 Å². The molecule has 2 unspecified atom stereocenters. The zero-order valence-electron chi connectivity index (χ0n) is 10.8. The summed E-state index contributed by atoms with van der Waals surface area (Å²) < 4.78 is 0. The Balaban J connectivity index is 2.65. The number of hydrogen-bond donors (Lipinski definition) is 4. The van der Waals surface area contributed by atoms with Crippen molar-refractivity contribution in [2.45, 2.75) is 25.4 Å². The number of benzene rings is 1. The number of phenols is 2. The minimum atomic E-state index is -0.0791. The molecule has 0 amide bonds. The van der Waals surface area contributed by atoms with Gasteiger partial charge in [0.05, 0.1) is 6.61 Å². The molecule has 0 aliphatic rings. The summed E-state index contributed by atoms with van der Waals surface area (Å²) in [5.74, 6) is 1.09. The number of rotatable bonds is 7. The maximum absolute atomic E-state index is 9.76. The van der Waals surface area contributed by atoms with E-state index in [1.165, 1.54) is 6.07 Å². The molecule has 0 heterocycles. The van der Waals surface area contributed by atoms with Gasteiger partial charge in [-0.1, -0.05) is 6.07 Å². The Morgan fingerprint density at radius 3 is 2.61 bits per heavy atom. The van der Waals surface area contributed by atoms with Crippen molar-refractivity contribution in [1.82, 2.24) is 5.32 Å². The van der Waals surface area contributed by atoms with Gasteiger partial charge in [-0.05, 0) is 31.4 Å². The summed E-state index contributed by atoms with van der Waals surface area (Å²) in [6.45, 7) is 2.00. The fourth-order valence-electron chi connectivity index (χ4n) is 1.83. The van der Waals surface area contributed by atoms with E-state index >= 15 is 0 Å². The van der Waals surface area contributed by atoms with Crippen LogP contribution in [0.4, 0.5) is 0 Å². The molecule has 2 atom stereocenters. The molecule has 0 radical (unpaired) electrons. The van der Waals surface area contributed by atoms with Crippen molar-refractivity contribution in [3.63, 3.8) is 0 Å². The molecule has 1 aromatic carbocycles. The molecule has 0 aromatic heterocycles. The Bertz CT molecular complexity index is 373. The first-order chi connectivity index (χ1) is 8.58. The van der Waals surface area contributed by atoms with E-state index in [1.54, 1.807) is 23.9 Å². The highest BCUT2D eigenvalue weighted by atomic mass is 32.2. The summed E-state index contributed by atoms with van der Waals surface area (Å²) in [7, 11) is 0. The van der Waals surface area contributed by atoms with Crippen LogP contribution in [0.25, 0.3) is 0 Å². The molecule has 4 N–H and O–H groups in total. The molecular weight excluding hydrogens is 250 g/mol. The Morgan fingerprint density at radius 2 is 2.06 bits per heavy atom. The van der Waals surface area contributed by atoms with E-state index in [9.17, 15) is 15.3 Å². The van der Waals surface area contributed by atoms with Gasteiger partial charge in [0.25, 0.3) is 0 Å². The minimum absolute atomic E-state index is 0.0145. The molecule has 0 saturated heterocycles. The smallest absolute Gasteiger partial charge is 0.124 e. The molecule has 0 saturated carbocycles. The van der Waals surface area contributed by atoms with E-state index in [4.69, 9.17) is 0 Å². The lowest BCUT2D eigenvalue weighted by atomic mass is 10.1. The topological polar surface area (TPSA) is 72.7 Å². The van der Waals surface area contributed by atoms with Gasteiger partial charge >= 0.3 is 0 Å². The number of aliphatic hydroxyl groups excluding tert-OH is 1. The Kier molecular flexibility index (Phi) is 6.32. The van der Waals surface area contributed by atoms with Gasteiger partial charge in [-0.25, -0.2) is 0 Å². The third-order valence-corrected chi connectivity index (χ3v) is 3.50. The SMILES string of the molecule is CSCCC(CO)NC(C)c1ccc(O)cc1O. The van der Waals surface area contributed by atoms with Crippen molar-refractivity contribution < 1.29 is 15.3 Å². The minimum Gasteiger partial charge on any atom is -0.508 e. The van der Waals surface area contributed by atoms with Crippen LogP contribution >= 0.6 is 11.8 Å². The van der Waals surface area contributed by atoms with Gasteiger partial charge in [0.2, 0.25) is 0 Å². The third-order valence-electron chi connectivity index (χ3n) is 2.86. The standard InChI is InChI=1S/C13H21NO3S/c1-9(14-10(8-15)5-6-18-2)12-4-3-11(16)7-13(12)17/h3-4,7,9-10,14-17H,5-6,8H2,1-2H3. The molecule has 0 spiro atoms. The fraction of sp³-hybridized carbons (Fsp3) is 0.538. The zero-order chi connectivity index (χ0) is 13.5. The fourth-order valence-corrected chi connectivity index (χ4v) is 2.35. The van der Waals surface area contributed by atoms with E-state index in [-0.39, 0.29) is 30.2 Å². The molecule has 18 heavy (non-hydrogen) atoms. The van der Waals surface area contributed by atoms with Gasteiger partial charge in [-0.3, -0.25) is 0 Å². The highest BCUT2D eigenvalue weighted by molar-refractivity contribution is 7.98. The number of phenolic OH excluding ortho intramolecular Hbond substituents is 2. The molecule has 5 heteroatoms. The summed E-state index contributed by atoms with van der Waals surface area (Å²) in [5.41, 5.74) is 0.718. The van der Waals surface area contributed by atoms with Crippen LogP contribution in [0.1, 0.15) is 24.9 Å². The highest BCUT2D eigenvalue weighted by Gasteiger charge is 2.15. The van der Waals surface area contributed by atoms with Gasteiger partial charge in [0.1, 0.15) is 11.5 Å². The molecule has 0 aliphatic heterocycles. The predicted molar refractivity (Wildman–Crippen MR) is 75.2 cm³/mol. The Morgan fingerprint density at radius 1 is 1.33 bits per heavy atom. The van der Waals surface area contributed by atoms with E-state index in [1.807, 2.05) is 13.2 Å². The van der Waals surface area contributed by atoms with Crippen molar-refractivity contribution in [2.75, 3.05) is 18.6 Å². The summed E-state index contributed by atoms with van der Waals surface area (Å²) in [4.78, 5) is 0. The lowest BCUT2D eigenvalue weighted by Gasteiger charge is -2.22. The van der Waals surface area contributed by atoms with Crippen LogP contribution in [-0.2, 0) is 0 Å². The van der Waals surface area contributed by atoms with Crippen LogP contribution < -0.4 is 5.32 Å². The maximum atomic E-state index is 9.76. The lowest BCUT2D eigenvalue weighted by Crippen LogP contribution is -2.35. The third kappa shape index (κ3) is 4.40. The summed E-state index contributed by atoms with van der Waals surface area (Å²) in [5, 5.41) is 31.6. The quantitative estimate of drug-likeness (QED) is 0.609. The van der Waals surface area contributed by atoms with E-state index in [0.717, 1.165) is 17.7 Å². The number of aromatic hydroxyl groups is 2. The van der Waals surface area contributed by atoms with E-state index < -0.39 is 0 Å². The second kappa shape index (κ2) is 7.51. The van der Waals surface area contributed by atoms with Crippen molar-refractivity contribution in [1.29, 1.82) is 0 Å². The maximum Gasteiger partial charge on any atom is 0.124 e. The van der Waals surface area contributed by atoms with E-state index in [0.29, 0.717) is 0 Å². The number of nitrogens with one attached hydrogen (secondary N) is 1. The van der Waals surface area contributed by atoms with Crippen LogP contribution in [0.2, 0.25) is 0 Å². The summed E-state index contributed by atoms with van der Waals surface area (Å²) >= 11 is 1.74.